The van der Waals surface area contributed by atoms with Crippen molar-refractivity contribution in [3.63, 3.8) is 0 Å². The van der Waals surface area contributed by atoms with Gasteiger partial charge in [0.25, 0.3) is 0 Å². The van der Waals surface area contributed by atoms with Crippen LogP contribution in [0.4, 0.5) is 0 Å². The zero-order valence-electron chi connectivity index (χ0n) is 6.53. The summed E-state index contributed by atoms with van der Waals surface area (Å²) < 4.78 is 0. The molecule has 0 aromatic heterocycles. The van der Waals surface area contributed by atoms with Gasteiger partial charge in [-0.2, -0.15) is 6.42 Å². The second-order valence-corrected chi connectivity index (χ2v) is 2.79. The Labute approximate surface area is 70.6 Å². The van der Waals surface area contributed by atoms with E-state index in [1.165, 1.54) is 38.5 Å². The van der Waals surface area contributed by atoms with Gasteiger partial charge in [-0.05, 0) is 0 Å². The average molecular weight is 118 g/mol. The molecule has 0 N–H and O–H groups in total. The van der Waals surface area contributed by atoms with Crippen molar-refractivity contribution in [3.8, 4) is 0 Å². The van der Waals surface area contributed by atoms with Crippen LogP contribution in [0, 0.1) is 12.8 Å². The molecule has 1 fully saturated rings. The predicted molar refractivity (Wildman–Crippen MR) is 36.5 cm³/mol. The monoisotopic (exact) mass is 118 g/mol. The van der Waals surface area contributed by atoms with Crippen molar-refractivity contribution in [1.82, 2.24) is 0 Å². The number of hydrogen-bond donors (Lipinski definition) is 0. The van der Waals surface area contributed by atoms with Gasteiger partial charge >= 0.3 is 18.9 Å². The summed E-state index contributed by atoms with van der Waals surface area (Å²) in [5.74, 6) is 0.976. The fourth-order valence-electron chi connectivity index (χ4n) is 1.48. The van der Waals surface area contributed by atoms with E-state index in [4.69, 9.17) is 0 Å². The first-order chi connectivity index (χ1) is 3.93. The third kappa shape index (κ3) is 3.33. The van der Waals surface area contributed by atoms with Crippen molar-refractivity contribution in [2.24, 2.45) is 5.92 Å². The van der Waals surface area contributed by atoms with Crippen LogP contribution in [0.3, 0.4) is 0 Å². The molecule has 0 amide bonds. The first kappa shape index (κ1) is 9.60. The summed E-state index contributed by atoms with van der Waals surface area (Å²) in [7, 11) is 0. The Morgan fingerprint density at radius 1 is 1.11 bits per heavy atom. The predicted octanol–water partition coefficient (Wildman–Crippen LogP) is -0.205. The van der Waals surface area contributed by atoms with Crippen LogP contribution < -0.4 is 18.9 Å². The second-order valence-electron chi connectivity index (χ2n) is 2.79. The normalized spacial score (nSPS) is 21.0. The fraction of sp³-hybridized carbons (Fsp3) is 0.875. The van der Waals surface area contributed by atoms with Crippen molar-refractivity contribution in [3.05, 3.63) is 6.92 Å². The summed E-state index contributed by atoms with van der Waals surface area (Å²) in [4.78, 5) is 0. The molecular weight excluding hydrogens is 103 g/mol. The first-order valence-corrected chi connectivity index (χ1v) is 3.72. The van der Waals surface area contributed by atoms with Crippen LogP contribution in [0.15, 0.2) is 0 Å². The average Bonchev–Trinajstić information content (AvgIpc) is 1.90. The fourth-order valence-corrected chi connectivity index (χ4v) is 1.48. The first-order valence-electron chi connectivity index (χ1n) is 3.72. The van der Waals surface area contributed by atoms with Crippen LogP contribution in [0.1, 0.15) is 38.5 Å². The minimum atomic E-state index is 0. The maximum atomic E-state index is 3.91. The Morgan fingerprint density at radius 2 is 1.67 bits per heavy atom. The van der Waals surface area contributed by atoms with E-state index in [0.717, 1.165) is 5.92 Å². The van der Waals surface area contributed by atoms with Crippen molar-refractivity contribution in [1.29, 1.82) is 0 Å². The molecule has 0 nitrogen and oxygen atoms in total. The van der Waals surface area contributed by atoms with Gasteiger partial charge < -0.3 is 6.92 Å². The zero-order chi connectivity index (χ0) is 5.82. The molecule has 9 heavy (non-hydrogen) atoms. The Morgan fingerprint density at radius 3 is 2.00 bits per heavy atom. The van der Waals surface area contributed by atoms with E-state index in [2.05, 4.69) is 6.92 Å². The Kier molecular flexibility index (Phi) is 5.75. The topological polar surface area (TPSA) is 0 Å². The van der Waals surface area contributed by atoms with Crippen LogP contribution in [-0.2, 0) is 0 Å². The van der Waals surface area contributed by atoms with Crippen molar-refractivity contribution in [2.75, 3.05) is 0 Å². The Bertz CT molecular complexity index is 55.6. The van der Waals surface area contributed by atoms with Crippen LogP contribution in [0.5, 0.6) is 0 Å². The van der Waals surface area contributed by atoms with Gasteiger partial charge in [-0.15, -0.1) is 0 Å². The Balaban J connectivity index is 0.000000640. The van der Waals surface area contributed by atoms with Gasteiger partial charge in [0, 0.05) is 0 Å². The maximum absolute atomic E-state index is 3.91. The summed E-state index contributed by atoms with van der Waals surface area (Å²) in [5.41, 5.74) is 0. The van der Waals surface area contributed by atoms with Gasteiger partial charge in [-0.25, -0.2) is 0 Å². The molecule has 0 aromatic carbocycles. The van der Waals surface area contributed by atoms with E-state index in [1.54, 1.807) is 0 Å². The molecule has 1 rings (SSSR count). The van der Waals surface area contributed by atoms with Crippen molar-refractivity contribution < 1.29 is 18.9 Å². The molecule has 0 spiro atoms. The van der Waals surface area contributed by atoms with Crippen LogP contribution in [-0.4, -0.2) is 0 Å². The largest absolute Gasteiger partial charge is 1.00 e. The molecule has 0 atom stereocenters. The summed E-state index contributed by atoms with van der Waals surface area (Å²) in [6.07, 6.45) is 8.45. The van der Waals surface area contributed by atoms with E-state index >= 15 is 0 Å². The zero-order valence-corrected chi connectivity index (χ0v) is 6.53. The standard InChI is InChI=1S/C8H15.Li/c1-2-8-6-4-3-5-7-8;/h8H,1-7H2;/q-1;+1. The van der Waals surface area contributed by atoms with Gasteiger partial charge in [0.05, 0.1) is 0 Å². The molecule has 1 heteroatoms. The minimum Gasteiger partial charge on any atom is -0.343 e. The van der Waals surface area contributed by atoms with Crippen molar-refractivity contribution >= 4 is 0 Å². The van der Waals surface area contributed by atoms with E-state index in [-0.39, 0.29) is 18.9 Å². The molecular formula is C8H15Li. The molecule has 1 aliphatic rings. The third-order valence-electron chi connectivity index (χ3n) is 2.13. The molecule has 0 unspecified atom stereocenters. The molecule has 1 saturated carbocycles. The van der Waals surface area contributed by atoms with E-state index < -0.39 is 0 Å². The van der Waals surface area contributed by atoms with Gasteiger partial charge in [-0.1, -0.05) is 38.0 Å². The van der Waals surface area contributed by atoms with Gasteiger partial charge in [0.15, 0.2) is 0 Å². The molecule has 0 aliphatic heterocycles. The molecule has 0 heterocycles. The second kappa shape index (κ2) is 5.39. The van der Waals surface area contributed by atoms with Gasteiger partial charge in [-0.3, -0.25) is 0 Å². The molecule has 0 aromatic rings. The summed E-state index contributed by atoms with van der Waals surface area (Å²) in [6, 6.07) is 0. The molecule has 1 aliphatic carbocycles. The minimum absolute atomic E-state index is 0. The maximum Gasteiger partial charge on any atom is 1.00 e. The van der Waals surface area contributed by atoms with Gasteiger partial charge in [0.1, 0.15) is 0 Å². The summed E-state index contributed by atoms with van der Waals surface area (Å²) >= 11 is 0. The SMILES string of the molecule is [CH2-]CC1CCCCC1.[Li+]. The van der Waals surface area contributed by atoms with Crippen LogP contribution in [0.25, 0.3) is 0 Å². The van der Waals surface area contributed by atoms with E-state index in [9.17, 15) is 0 Å². The molecule has 0 radical (unpaired) electrons. The van der Waals surface area contributed by atoms with Crippen LogP contribution >= 0.6 is 0 Å². The summed E-state index contributed by atoms with van der Waals surface area (Å²) in [6.45, 7) is 3.91. The Hall–Kier alpha value is 0.597. The van der Waals surface area contributed by atoms with Crippen molar-refractivity contribution in [2.45, 2.75) is 38.5 Å². The van der Waals surface area contributed by atoms with Crippen LogP contribution in [0.2, 0.25) is 0 Å². The third-order valence-corrected chi connectivity index (χ3v) is 2.13. The quantitative estimate of drug-likeness (QED) is 0.330. The molecule has 0 saturated heterocycles. The van der Waals surface area contributed by atoms with E-state index in [1.807, 2.05) is 0 Å². The van der Waals surface area contributed by atoms with E-state index in [0.29, 0.717) is 0 Å². The van der Waals surface area contributed by atoms with Gasteiger partial charge in [0.2, 0.25) is 0 Å². The number of hydrogen-bond acceptors (Lipinski definition) is 0. The summed E-state index contributed by atoms with van der Waals surface area (Å²) in [5, 5.41) is 0. The molecule has 0 bridgehead atoms. The smallest absolute Gasteiger partial charge is 0.343 e. The number of rotatable bonds is 1. The molecule has 48 valence electrons.